The molecule has 6 heteroatoms. The summed E-state index contributed by atoms with van der Waals surface area (Å²) in [7, 11) is 0. The minimum absolute atomic E-state index is 0.0602. The highest BCUT2D eigenvalue weighted by atomic mass is 32.1. The highest BCUT2D eigenvalue weighted by molar-refractivity contribution is 7.79. The van der Waals surface area contributed by atoms with Crippen LogP contribution in [0.3, 0.4) is 0 Å². The van der Waals surface area contributed by atoms with Gasteiger partial charge in [0.15, 0.2) is 0 Å². The second kappa shape index (κ2) is 8.01. The number of rotatable bonds is 5. The second-order valence-electron chi connectivity index (χ2n) is 6.72. The lowest BCUT2D eigenvalue weighted by molar-refractivity contribution is 0.0608. The van der Waals surface area contributed by atoms with Crippen molar-refractivity contribution in [1.82, 2.24) is 4.90 Å². The summed E-state index contributed by atoms with van der Waals surface area (Å²) in [4.78, 5) is 27.1. The van der Waals surface area contributed by atoms with Crippen molar-refractivity contribution in [2.24, 2.45) is 0 Å². The number of benzene rings is 3. The van der Waals surface area contributed by atoms with Crippen LogP contribution in [-0.4, -0.2) is 28.5 Å². The van der Waals surface area contributed by atoms with Gasteiger partial charge in [-0.1, -0.05) is 43.7 Å². The molecule has 2 amide bonds. The Morgan fingerprint density at radius 1 is 0.897 bits per heavy atom. The van der Waals surface area contributed by atoms with Crippen molar-refractivity contribution in [2.45, 2.75) is 19.8 Å². The number of thiocarbonyl (C=S) groups is 1. The van der Waals surface area contributed by atoms with Crippen molar-refractivity contribution in [3.63, 3.8) is 0 Å². The number of hydrogen-bond acceptors (Lipinski definition) is 5. The first-order valence-corrected chi connectivity index (χ1v) is 9.87. The topological polar surface area (TPSA) is 55.8 Å². The molecule has 0 saturated carbocycles. The van der Waals surface area contributed by atoms with E-state index < -0.39 is 0 Å². The third-order valence-corrected chi connectivity index (χ3v) is 4.99. The largest absolute Gasteiger partial charge is 0.417 e. The molecule has 1 aliphatic heterocycles. The molecule has 29 heavy (non-hydrogen) atoms. The Bertz CT molecular complexity index is 1090. The van der Waals surface area contributed by atoms with E-state index in [1.54, 1.807) is 36.4 Å². The van der Waals surface area contributed by atoms with E-state index in [-0.39, 0.29) is 17.1 Å². The van der Waals surface area contributed by atoms with Gasteiger partial charge in [0.25, 0.3) is 11.8 Å². The number of imide groups is 1. The van der Waals surface area contributed by atoms with Gasteiger partial charge in [-0.2, -0.15) is 0 Å². The Labute approximate surface area is 173 Å². The summed E-state index contributed by atoms with van der Waals surface area (Å²) in [6.45, 7) is 2.44. The monoisotopic (exact) mass is 405 g/mol. The SMILES string of the molecule is CCCCN1C(=O)c2cccc3c(OC(=S)Oc4ccccc4)ccc(c23)C1=O. The molecule has 146 valence electrons. The first kappa shape index (κ1) is 19.1. The van der Waals surface area contributed by atoms with Crippen LogP contribution in [0.25, 0.3) is 10.8 Å². The van der Waals surface area contributed by atoms with Crippen LogP contribution in [0, 0.1) is 0 Å². The summed E-state index contributed by atoms with van der Waals surface area (Å²) in [5.41, 5.74) is 0.988. The van der Waals surface area contributed by atoms with Crippen LogP contribution in [-0.2, 0) is 0 Å². The van der Waals surface area contributed by atoms with Crippen molar-refractivity contribution in [1.29, 1.82) is 0 Å². The molecule has 0 fully saturated rings. The van der Waals surface area contributed by atoms with Gasteiger partial charge in [-0.15, -0.1) is 0 Å². The Hall–Kier alpha value is -3.25. The molecule has 4 rings (SSSR count). The molecule has 0 unspecified atom stereocenters. The summed E-state index contributed by atoms with van der Waals surface area (Å²) in [6.07, 6.45) is 1.68. The number of carbonyl (C=O) groups is 2. The molecule has 1 aliphatic rings. The number of amides is 2. The average molecular weight is 405 g/mol. The molecular formula is C23H19NO4S. The second-order valence-corrected chi connectivity index (χ2v) is 7.06. The van der Waals surface area contributed by atoms with Crippen molar-refractivity contribution in [2.75, 3.05) is 6.54 Å². The minimum atomic E-state index is -0.276. The van der Waals surface area contributed by atoms with E-state index in [2.05, 4.69) is 0 Å². The Balaban J connectivity index is 1.69. The zero-order valence-electron chi connectivity index (χ0n) is 15.9. The zero-order chi connectivity index (χ0) is 20.4. The van der Waals surface area contributed by atoms with Crippen LogP contribution in [0.4, 0.5) is 0 Å². The van der Waals surface area contributed by atoms with Crippen LogP contribution in [0.1, 0.15) is 40.5 Å². The van der Waals surface area contributed by atoms with Crippen LogP contribution in [0.2, 0.25) is 0 Å². The van der Waals surface area contributed by atoms with Gasteiger partial charge in [-0.25, -0.2) is 0 Å². The lowest BCUT2D eigenvalue weighted by Gasteiger charge is -2.27. The fraction of sp³-hybridized carbons (Fsp3) is 0.174. The van der Waals surface area contributed by atoms with Crippen molar-refractivity contribution in [3.8, 4) is 11.5 Å². The van der Waals surface area contributed by atoms with E-state index in [9.17, 15) is 9.59 Å². The first-order valence-electron chi connectivity index (χ1n) is 9.46. The predicted molar refractivity (Wildman–Crippen MR) is 115 cm³/mol. The third-order valence-electron chi connectivity index (χ3n) is 4.82. The summed E-state index contributed by atoms with van der Waals surface area (Å²) < 4.78 is 11.3. The van der Waals surface area contributed by atoms with Crippen LogP contribution in [0.5, 0.6) is 11.5 Å². The lowest BCUT2D eigenvalue weighted by Crippen LogP contribution is -2.40. The fourth-order valence-corrected chi connectivity index (χ4v) is 3.61. The molecule has 5 nitrogen and oxygen atoms in total. The number of para-hydroxylation sites is 1. The molecule has 0 aromatic heterocycles. The van der Waals surface area contributed by atoms with Gasteiger partial charge in [-0.05, 0) is 36.8 Å². The molecule has 3 aromatic rings. The normalized spacial score (nSPS) is 12.9. The summed E-state index contributed by atoms with van der Waals surface area (Å²) in [5, 5.41) is 1.18. The number of unbranched alkanes of at least 4 members (excludes halogenated alkanes) is 1. The first-order chi connectivity index (χ1) is 14.1. The van der Waals surface area contributed by atoms with Crippen LogP contribution in [0.15, 0.2) is 60.7 Å². The molecule has 0 saturated heterocycles. The predicted octanol–water partition coefficient (Wildman–Crippen LogP) is 4.98. The van der Waals surface area contributed by atoms with E-state index in [1.807, 2.05) is 31.2 Å². The Morgan fingerprint density at radius 3 is 2.34 bits per heavy atom. The van der Waals surface area contributed by atoms with Crippen molar-refractivity contribution in [3.05, 3.63) is 71.8 Å². The maximum atomic E-state index is 12.9. The van der Waals surface area contributed by atoms with Gasteiger partial charge in [0.1, 0.15) is 11.5 Å². The summed E-state index contributed by atoms with van der Waals surface area (Å²) in [5.74, 6) is 0.454. The molecule has 0 radical (unpaired) electrons. The molecule has 0 aliphatic carbocycles. The number of nitrogens with zero attached hydrogens (tertiary/aromatic N) is 1. The standard InChI is InChI=1S/C23H19NO4S/c1-2-3-14-24-21(25)17-11-7-10-16-19(13-12-18(20(16)17)22(24)26)28-23(29)27-15-8-5-4-6-9-15/h4-13H,2-3,14H2,1H3. The fourth-order valence-electron chi connectivity index (χ4n) is 3.42. The van der Waals surface area contributed by atoms with Gasteiger partial charge in [-0.3, -0.25) is 14.5 Å². The molecule has 0 spiro atoms. The highest BCUT2D eigenvalue weighted by Gasteiger charge is 2.33. The lowest BCUT2D eigenvalue weighted by atomic mass is 9.93. The average Bonchev–Trinajstić information content (AvgIpc) is 2.73. The van der Waals surface area contributed by atoms with Gasteiger partial charge in [0.05, 0.1) is 0 Å². The number of ether oxygens (including phenoxy) is 2. The molecular weight excluding hydrogens is 386 g/mol. The molecule has 3 aromatic carbocycles. The molecule has 0 N–H and O–H groups in total. The Morgan fingerprint density at radius 2 is 1.62 bits per heavy atom. The van der Waals surface area contributed by atoms with Gasteiger partial charge in [0, 0.05) is 40.7 Å². The van der Waals surface area contributed by atoms with Crippen LogP contribution < -0.4 is 9.47 Å². The summed E-state index contributed by atoms with van der Waals surface area (Å²) in [6, 6.07) is 17.8. The van der Waals surface area contributed by atoms with E-state index in [0.717, 1.165) is 12.8 Å². The smallest absolute Gasteiger partial charge is 0.363 e. The van der Waals surface area contributed by atoms with Gasteiger partial charge in [0.2, 0.25) is 0 Å². The molecule has 1 heterocycles. The van der Waals surface area contributed by atoms with Crippen LogP contribution >= 0.6 is 12.2 Å². The van der Waals surface area contributed by atoms with Gasteiger partial charge < -0.3 is 9.47 Å². The van der Waals surface area contributed by atoms with E-state index >= 15 is 0 Å². The number of hydrogen-bond donors (Lipinski definition) is 0. The summed E-state index contributed by atoms with van der Waals surface area (Å²) >= 11 is 5.22. The Kier molecular flexibility index (Phi) is 5.27. The minimum Gasteiger partial charge on any atom is -0.417 e. The van der Waals surface area contributed by atoms with E-state index in [1.165, 1.54) is 4.90 Å². The third kappa shape index (κ3) is 3.59. The quantitative estimate of drug-likeness (QED) is 0.443. The molecule has 0 bridgehead atoms. The van der Waals surface area contributed by atoms with Crippen molar-refractivity contribution >= 4 is 40.0 Å². The van der Waals surface area contributed by atoms with Crippen molar-refractivity contribution < 1.29 is 19.1 Å². The highest BCUT2D eigenvalue weighted by Crippen LogP contribution is 2.35. The maximum absolute atomic E-state index is 12.9. The van der Waals surface area contributed by atoms with Gasteiger partial charge >= 0.3 is 5.24 Å². The maximum Gasteiger partial charge on any atom is 0.363 e. The van der Waals surface area contributed by atoms with E-state index in [4.69, 9.17) is 21.7 Å². The number of carbonyl (C=O) groups excluding carboxylic acids is 2. The van der Waals surface area contributed by atoms with E-state index in [0.29, 0.717) is 39.9 Å². The zero-order valence-corrected chi connectivity index (χ0v) is 16.7. The molecule has 0 atom stereocenters.